The lowest BCUT2D eigenvalue weighted by Crippen LogP contribution is -2.36. The van der Waals surface area contributed by atoms with Crippen molar-refractivity contribution >= 4 is 5.91 Å². The van der Waals surface area contributed by atoms with E-state index in [2.05, 4.69) is 41.4 Å². The van der Waals surface area contributed by atoms with E-state index in [1.54, 1.807) is 18.2 Å². The predicted molar refractivity (Wildman–Crippen MR) is 109 cm³/mol. The fraction of sp³-hybridized carbons (Fsp3) is 0.435. The summed E-state index contributed by atoms with van der Waals surface area (Å²) in [4.78, 5) is 14.7. The molecule has 0 radical (unpaired) electrons. The molecular weight excluding hydrogens is 355 g/mol. The quantitative estimate of drug-likeness (QED) is 0.657. The summed E-state index contributed by atoms with van der Waals surface area (Å²) in [5.41, 5.74) is 2.48. The lowest BCUT2D eigenvalue weighted by molar-refractivity contribution is -0.121. The first-order valence-corrected chi connectivity index (χ1v) is 10.1. The summed E-state index contributed by atoms with van der Waals surface area (Å²) in [5, 5.41) is 3.07. The van der Waals surface area contributed by atoms with Crippen LogP contribution in [-0.2, 0) is 4.79 Å². The molecule has 1 atom stereocenters. The Hall–Kier alpha value is -2.40. The molecule has 1 fully saturated rings. The standard InChI is InChI=1S/C23H29FN2O2/c1-18-10-12-19(13-11-18)21(26-14-4-5-15-26)17-25-23(27)9-6-16-28-22-8-3-2-7-20(22)24/h2-3,7-8,10-13,21H,4-6,9,14-17H2,1H3,(H,25,27). The fourth-order valence-electron chi connectivity index (χ4n) is 3.58. The van der Waals surface area contributed by atoms with E-state index < -0.39 is 0 Å². The third kappa shape index (κ3) is 5.80. The molecule has 0 aromatic heterocycles. The smallest absolute Gasteiger partial charge is 0.220 e. The first-order chi connectivity index (χ1) is 13.6. The molecule has 3 rings (SSSR count). The number of carbonyl (C=O) groups is 1. The van der Waals surface area contributed by atoms with Gasteiger partial charge < -0.3 is 10.1 Å². The Balaban J connectivity index is 1.45. The summed E-state index contributed by atoms with van der Waals surface area (Å²) in [6.45, 7) is 5.16. The van der Waals surface area contributed by atoms with E-state index in [9.17, 15) is 9.18 Å². The van der Waals surface area contributed by atoms with Crippen LogP contribution in [0, 0.1) is 12.7 Å². The Morgan fingerprint density at radius 3 is 2.57 bits per heavy atom. The van der Waals surface area contributed by atoms with Crippen molar-refractivity contribution in [3.63, 3.8) is 0 Å². The maximum Gasteiger partial charge on any atom is 0.220 e. The summed E-state index contributed by atoms with van der Waals surface area (Å²) in [6, 6.07) is 15.1. The van der Waals surface area contributed by atoms with E-state index in [1.165, 1.54) is 30.0 Å². The molecule has 0 aliphatic carbocycles. The van der Waals surface area contributed by atoms with Crippen LogP contribution in [0.1, 0.15) is 42.9 Å². The minimum absolute atomic E-state index is 0.00782. The minimum atomic E-state index is -0.376. The van der Waals surface area contributed by atoms with Crippen molar-refractivity contribution in [2.45, 2.75) is 38.6 Å². The molecular formula is C23H29FN2O2. The average molecular weight is 384 g/mol. The molecule has 5 heteroatoms. The van der Waals surface area contributed by atoms with E-state index in [0.29, 0.717) is 26.0 Å². The van der Waals surface area contributed by atoms with Crippen molar-refractivity contribution in [2.75, 3.05) is 26.2 Å². The van der Waals surface area contributed by atoms with Crippen molar-refractivity contribution in [2.24, 2.45) is 0 Å². The van der Waals surface area contributed by atoms with Crippen LogP contribution in [0.5, 0.6) is 5.75 Å². The highest BCUT2D eigenvalue weighted by atomic mass is 19.1. The van der Waals surface area contributed by atoms with Crippen LogP contribution in [-0.4, -0.2) is 37.0 Å². The molecule has 0 spiro atoms. The summed E-state index contributed by atoms with van der Waals surface area (Å²) < 4.78 is 18.9. The molecule has 1 aliphatic heterocycles. The third-order valence-corrected chi connectivity index (χ3v) is 5.18. The van der Waals surface area contributed by atoms with Crippen LogP contribution in [0.2, 0.25) is 0 Å². The van der Waals surface area contributed by atoms with E-state index >= 15 is 0 Å². The molecule has 150 valence electrons. The lowest BCUT2D eigenvalue weighted by Gasteiger charge is -2.28. The Morgan fingerprint density at radius 2 is 1.86 bits per heavy atom. The van der Waals surface area contributed by atoms with Crippen molar-refractivity contribution in [3.8, 4) is 5.75 Å². The van der Waals surface area contributed by atoms with Crippen LogP contribution >= 0.6 is 0 Å². The Bertz CT molecular complexity index is 757. The van der Waals surface area contributed by atoms with Crippen molar-refractivity contribution < 1.29 is 13.9 Å². The number of hydrogen-bond donors (Lipinski definition) is 1. The first kappa shape index (κ1) is 20.3. The van der Waals surface area contributed by atoms with Crippen molar-refractivity contribution in [1.29, 1.82) is 0 Å². The van der Waals surface area contributed by atoms with Crippen molar-refractivity contribution in [3.05, 3.63) is 65.5 Å². The topological polar surface area (TPSA) is 41.6 Å². The van der Waals surface area contributed by atoms with Gasteiger partial charge in [0, 0.05) is 13.0 Å². The minimum Gasteiger partial charge on any atom is -0.491 e. The van der Waals surface area contributed by atoms with E-state index in [-0.39, 0.29) is 23.5 Å². The van der Waals surface area contributed by atoms with E-state index in [0.717, 1.165) is 13.1 Å². The third-order valence-electron chi connectivity index (χ3n) is 5.18. The van der Waals surface area contributed by atoms with Gasteiger partial charge in [-0.05, 0) is 57.0 Å². The van der Waals surface area contributed by atoms with Crippen LogP contribution in [0.15, 0.2) is 48.5 Å². The largest absolute Gasteiger partial charge is 0.491 e. The van der Waals surface area contributed by atoms with E-state index in [1.807, 2.05) is 0 Å². The average Bonchev–Trinajstić information content (AvgIpc) is 3.22. The number of likely N-dealkylation sites (tertiary alicyclic amines) is 1. The SMILES string of the molecule is Cc1ccc(C(CNC(=O)CCCOc2ccccc2F)N2CCCC2)cc1. The summed E-state index contributed by atoms with van der Waals surface area (Å²) in [6.07, 6.45) is 3.35. The first-order valence-electron chi connectivity index (χ1n) is 10.1. The van der Waals surface area contributed by atoms with Gasteiger partial charge in [0.15, 0.2) is 11.6 Å². The van der Waals surface area contributed by atoms with Crippen LogP contribution in [0.25, 0.3) is 0 Å². The number of aryl methyl sites for hydroxylation is 1. The molecule has 1 unspecified atom stereocenters. The molecule has 0 saturated carbocycles. The highest BCUT2D eigenvalue weighted by Gasteiger charge is 2.23. The van der Waals surface area contributed by atoms with Gasteiger partial charge in [0.2, 0.25) is 5.91 Å². The monoisotopic (exact) mass is 384 g/mol. The molecule has 0 bridgehead atoms. The van der Waals surface area contributed by atoms with Gasteiger partial charge in [0.25, 0.3) is 0 Å². The highest BCUT2D eigenvalue weighted by molar-refractivity contribution is 5.75. The fourth-order valence-corrected chi connectivity index (χ4v) is 3.58. The molecule has 1 saturated heterocycles. The molecule has 28 heavy (non-hydrogen) atoms. The maximum absolute atomic E-state index is 13.5. The van der Waals surface area contributed by atoms with Gasteiger partial charge in [0.1, 0.15) is 0 Å². The summed E-state index contributed by atoms with van der Waals surface area (Å²) in [7, 11) is 0. The number of amides is 1. The van der Waals surface area contributed by atoms with Crippen LogP contribution < -0.4 is 10.1 Å². The number of para-hydroxylation sites is 1. The number of hydrogen-bond acceptors (Lipinski definition) is 3. The van der Waals surface area contributed by atoms with Gasteiger partial charge >= 0.3 is 0 Å². The molecule has 4 nitrogen and oxygen atoms in total. The number of carbonyl (C=O) groups excluding carboxylic acids is 1. The predicted octanol–water partition coefficient (Wildman–Crippen LogP) is 4.25. The molecule has 2 aromatic carbocycles. The molecule has 2 aromatic rings. The second-order valence-electron chi connectivity index (χ2n) is 7.36. The number of nitrogens with zero attached hydrogens (tertiary/aromatic N) is 1. The normalized spacial score (nSPS) is 15.4. The Morgan fingerprint density at radius 1 is 1.14 bits per heavy atom. The van der Waals surface area contributed by atoms with Crippen LogP contribution in [0.3, 0.4) is 0 Å². The Kier molecular flexibility index (Phi) is 7.43. The van der Waals surface area contributed by atoms with Crippen molar-refractivity contribution in [1.82, 2.24) is 10.2 Å². The molecule has 1 N–H and O–H groups in total. The van der Waals surface area contributed by atoms with Gasteiger partial charge in [-0.3, -0.25) is 9.69 Å². The lowest BCUT2D eigenvalue weighted by atomic mass is 10.0. The second kappa shape index (κ2) is 10.2. The van der Waals surface area contributed by atoms with Crippen LogP contribution in [0.4, 0.5) is 4.39 Å². The highest BCUT2D eigenvalue weighted by Crippen LogP contribution is 2.25. The number of benzene rings is 2. The number of nitrogens with one attached hydrogen (secondary N) is 1. The Labute approximate surface area is 166 Å². The molecule has 1 aliphatic rings. The number of rotatable bonds is 9. The second-order valence-corrected chi connectivity index (χ2v) is 7.36. The maximum atomic E-state index is 13.5. The zero-order valence-corrected chi connectivity index (χ0v) is 16.5. The molecule has 1 heterocycles. The zero-order valence-electron chi connectivity index (χ0n) is 16.5. The number of ether oxygens (including phenoxy) is 1. The summed E-state index contributed by atoms with van der Waals surface area (Å²) in [5.74, 6) is -0.136. The van der Waals surface area contributed by atoms with Gasteiger partial charge in [-0.2, -0.15) is 0 Å². The molecule has 1 amide bonds. The van der Waals surface area contributed by atoms with Gasteiger partial charge in [-0.25, -0.2) is 4.39 Å². The van der Waals surface area contributed by atoms with Gasteiger partial charge in [0.05, 0.1) is 12.6 Å². The van der Waals surface area contributed by atoms with E-state index in [4.69, 9.17) is 4.74 Å². The summed E-state index contributed by atoms with van der Waals surface area (Å²) >= 11 is 0. The zero-order chi connectivity index (χ0) is 19.8. The number of halogens is 1. The van der Waals surface area contributed by atoms with Gasteiger partial charge in [-0.15, -0.1) is 0 Å². The van der Waals surface area contributed by atoms with Gasteiger partial charge in [-0.1, -0.05) is 42.0 Å².